The Hall–Kier alpha value is -0.0187. The van der Waals surface area contributed by atoms with E-state index in [4.69, 9.17) is 4.74 Å². The van der Waals surface area contributed by atoms with Gasteiger partial charge in [0.1, 0.15) is 5.60 Å². The van der Waals surface area contributed by atoms with Crippen molar-refractivity contribution in [2.75, 3.05) is 13.1 Å². The smallest absolute Gasteiger partial charge is 0.449 e. The third-order valence-electron chi connectivity index (χ3n) is 4.38. The molecule has 0 N–H and O–H groups in total. The molecule has 1 aliphatic rings. The Bertz CT molecular complexity index is 567. The van der Waals surface area contributed by atoms with Crippen molar-refractivity contribution in [1.29, 1.82) is 0 Å². The average Bonchev–Trinajstić information content (AvgIpc) is 2.45. The average molecular weight is 381 g/mol. The van der Waals surface area contributed by atoms with Gasteiger partial charge in [-0.15, -0.1) is 0 Å². The topological polar surface area (TPSA) is 29.5 Å². The predicted octanol–water partition coefficient (Wildman–Crippen LogP) is 1.81. The number of amides is 1. The number of rotatable bonds is 3. The molecule has 0 bridgehead atoms. The number of hydrogen-bond acceptors (Lipinski definition) is 2. The molecule has 0 saturated carbocycles. The van der Waals surface area contributed by atoms with Gasteiger partial charge in [0.05, 0.1) is 0 Å². The monoisotopic (exact) mass is 381 g/mol. The van der Waals surface area contributed by atoms with Crippen molar-refractivity contribution in [3.8, 4) is 0 Å². The second-order valence-corrected chi connectivity index (χ2v) is 7.53. The van der Waals surface area contributed by atoms with Gasteiger partial charge >= 0.3 is 64.5 Å². The molecule has 0 spiro atoms. The van der Waals surface area contributed by atoms with Gasteiger partial charge in [-0.25, -0.2) is 4.79 Å². The van der Waals surface area contributed by atoms with Gasteiger partial charge in [-0.1, -0.05) is 36.7 Å². The van der Waals surface area contributed by atoms with Crippen molar-refractivity contribution in [2.45, 2.75) is 50.9 Å². The van der Waals surface area contributed by atoms with Gasteiger partial charge in [0.15, 0.2) is 0 Å². The molecular formula is C17H24BF3KNO2. The first-order valence-corrected chi connectivity index (χ1v) is 8.25. The standard InChI is InChI=1S/C17H24BF3NO2.K/c1-16(2,3)24-15(23)22-11-9-17(10-12-22,13-18(19,20)21)14-7-5-4-6-8-14;/h4-8H,9-13H2,1-3H3;/q-1;+1. The summed E-state index contributed by atoms with van der Waals surface area (Å²) in [6.45, 7) is 0.957. The Morgan fingerprint density at radius 2 is 1.68 bits per heavy atom. The largest absolute Gasteiger partial charge is 1.00 e. The van der Waals surface area contributed by atoms with E-state index in [9.17, 15) is 17.7 Å². The number of benzene rings is 1. The summed E-state index contributed by atoms with van der Waals surface area (Å²) >= 11 is 0. The van der Waals surface area contributed by atoms with E-state index in [0.717, 1.165) is 0 Å². The third-order valence-corrected chi connectivity index (χ3v) is 4.38. The van der Waals surface area contributed by atoms with Crippen LogP contribution in [0.1, 0.15) is 39.2 Å². The first kappa shape index (κ1) is 23.0. The summed E-state index contributed by atoms with van der Waals surface area (Å²) in [7, 11) is 0. The minimum atomic E-state index is -4.91. The molecule has 0 radical (unpaired) electrons. The van der Waals surface area contributed by atoms with Gasteiger partial charge in [0.25, 0.3) is 0 Å². The zero-order valence-electron chi connectivity index (χ0n) is 15.4. The summed E-state index contributed by atoms with van der Waals surface area (Å²) in [5, 5.41) is 0. The minimum absolute atomic E-state index is 0. The molecule has 1 saturated heterocycles. The minimum Gasteiger partial charge on any atom is -0.449 e. The number of piperidine rings is 1. The number of ether oxygens (including phenoxy) is 1. The molecule has 1 fully saturated rings. The maximum atomic E-state index is 13.2. The molecule has 0 aromatic heterocycles. The van der Waals surface area contributed by atoms with Crippen LogP contribution in [0.15, 0.2) is 30.3 Å². The summed E-state index contributed by atoms with van der Waals surface area (Å²) in [6, 6.07) is 8.84. The van der Waals surface area contributed by atoms with E-state index >= 15 is 0 Å². The van der Waals surface area contributed by atoms with Gasteiger partial charge in [-0.2, -0.15) is 0 Å². The molecule has 0 atom stereocenters. The SMILES string of the molecule is CC(C)(C)OC(=O)N1CCC(C[B-](F)(F)F)(c2ccccc2)CC1.[K+]. The molecule has 1 heterocycles. The number of carbonyl (C=O) groups is 1. The zero-order valence-corrected chi connectivity index (χ0v) is 18.5. The quantitative estimate of drug-likeness (QED) is 0.748. The van der Waals surface area contributed by atoms with E-state index in [1.165, 1.54) is 4.90 Å². The van der Waals surface area contributed by atoms with Crippen LogP contribution in [0.2, 0.25) is 6.32 Å². The van der Waals surface area contributed by atoms with Crippen LogP contribution in [0.4, 0.5) is 17.7 Å². The van der Waals surface area contributed by atoms with Gasteiger partial charge in [-0.05, 0) is 44.6 Å². The summed E-state index contributed by atoms with van der Waals surface area (Å²) in [4.78, 5) is 13.6. The fraction of sp³-hybridized carbons (Fsp3) is 0.588. The van der Waals surface area contributed by atoms with Crippen LogP contribution in [-0.4, -0.2) is 36.7 Å². The van der Waals surface area contributed by atoms with E-state index in [-0.39, 0.29) is 77.3 Å². The molecule has 1 amide bonds. The molecule has 0 aliphatic carbocycles. The number of halogens is 3. The van der Waals surface area contributed by atoms with Crippen LogP contribution in [0, 0.1) is 0 Å². The van der Waals surface area contributed by atoms with Gasteiger partial charge < -0.3 is 22.6 Å². The molecule has 1 aromatic rings. The van der Waals surface area contributed by atoms with Crippen molar-refractivity contribution in [1.82, 2.24) is 4.90 Å². The van der Waals surface area contributed by atoms with Crippen molar-refractivity contribution in [3.05, 3.63) is 35.9 Å². The molecule has 2 rings (SSSR count). The van der Waals surface area contributed by atoms with Gasteiger partial charge in [-0.3, -0.25) is 0 Å². The van der Waals surface area contributed by atoms with E-state index in [0.29, 0.717) is 5.56 Å². The molecule has 1 aromatic carbocycles. The third kappa shape index (κ3) is 6.90. The Morgan fingerprint density at radius 1 is 1.16 bits per heavy atom. The number of likely N-dealkylation sites (tertiary alicyclic amines) is 1. The second-order valence-electron chi connectivity index (χ2n) is 7.53. The first-order chi connectivity index (χ1) is 11.0. The van der Waals surface area contributed by atoms with Gasteiger partial charge in [0, 0.05) is 13.1 Å². The van der Waals surface area contributed by atoms with Crippen LogP contribution in [-0.2, 0) is 10.2 Å². The molecule has 134 valence electrons. The van der Waals surface area contributed by atoms with E-state index in [1.807, 2.05) is 0 Å². The maximum Gasteiger partial charge on any atom is 1.00 e. The second kappa shape index (κ2) is 8.78. The van der Waals surface area contributed by atoms with Crippen LogP contribution in [0.5, 0.6) is 0 Å². The van der Waals surface area contributed by atoms with Crippen molar-refractivity contribution in [3.63, 3.8) is 0 Å². The molecule has 8 heteroatoms. The van der Waals surface area contributed by atoms with Crippen LogP contribution < -0.4 is 51.4 Å². The Morgan fingerprint density at radius 3 is 2.12 bits per heavy atom. The van der Waals surface area contributed by atoms with Crippen molar-refractivity contribution < 1.29 is 73.9 Å². The van der Waals surface area contributed by atoms with Crippen molar-refractivity contribution in [2.24, 2.45) is 0 Å². The number of hydrogen-bond donors (Lipinski definition) is 0. The number of carbonyl (C=O) groups excluding carboxylic acids is 1. The summed E-state index contributed by atoms with van der Waals surface area (Å²) in [6.07, 6.45) is -0.685. The number of nitrogens with zero attached hydrogens (tertiary/aromatic N) is 1. The predicted molar refractivity (Wildman–Crippen MR) is 89.0 cm³/mol. The van der Waals surface area contributed by atoms with Crippen LogP contribution >= 0.6 is 0 Å². The summed E-state index contributed by atoms with van der Waals surface area (Å²) in [5.74, 6) is 0. The Labute approximate surface area is 190 Å². The first-order valence-electron chi connectivity index (χ1n) is 8.25. The van der Waals surface area contributed by atoms with Crippen LogP contribution in [0.25, 0.3) is 0 Å². The Kier molecular flexibility index (Phi) is 8.08. The fourth-order valence-electron chi connectivity index (χ4n) is 3.29. The zero-order chi connectivity index (χ0) is 18.0. The van der Waals surface area contributed by atoms with Crippen LogP contribution in [0.3, 0.4) is 0 Å². The van der Waals surface area contributed by atoms with E-state index in [2.05, 4.69) is 0 Å². The summed E-state index contributed by atoms with van der Waals surface area (Å²) < 4.78 is 44.9. The molecule has 1 aliphatic heterocycles. The van der Waals surface area contributed by atoms with Crippen molar-refractivity contribution >= 4 is 13.1 Å². The van der Waals surface area contributed by atoms with Gasteiger partial charge in [0.2, 0.25) is 0 Å². The maximum absolute atomic E-state index is 13.2. The Balaban J connectivity index is 0.00000312. The molecule has 25 heavy (non-hydrogen) atoms. The molecule has 0 unspecified atom stereocenters. The van der Waals surface area contributed by atoms with E-state index in [1.54, 1.807) is 51.1 Å². The molecular weight excluding hydrogens is 357 g/mol. The molecule has 3 nitrogen and oxygen atoms in total. The van der Waals surface area contributed by atoms with E-state index < -0.39 is 30.4 Å². The normalized spacial score (nSPS) is 17.6. The summed E-state index contributed by atoms with van der Waals surface area (Å²) in [5.41, 5.74) is -0.856. The fourth-order valence-corrected chi connectivity index (χ4v) is 3.29.